The number of nitrogens with one attached hydrogen (secondary N) is 1. The summed E-state index contributed by atoms with van der Waals surface area (Å²) in [6.45, 7) is 11.5. The van der Waals surface area contributed by atoms with Gasteiger partial charge >= 0.3 is 0 Å². The molecular formula is C14H30ClN3O2. The summed E-state index contributed by atoms with van der Waals surface area (Å²) in [6, 6.07) is 0. The predicted octanol–water partition coefficient (Wildman–Crippen LogP) is 0.835. The molecule has 120 valence electrons. The average Bonchev–Trinajstić information content (AvgIpc) is 2.42. The van der Waals surface area contributed by atoms with Crippen LogP contribution in [0.3, 0.4) is 0 Å². The molecule has 0 aromatic carbocycles. The number of carbonyl (C=O) groups excluding carboxylic acids is 1. The zero-order valence-corrected chi connectivity index (χ0v) is 13.9. The van der Waals surface area contributed by atoms with E-state index in [0.717, 1.165) is 52.4 Å². The highest BCUT2D eigenvalue weighted by atomic mass is 35.5. The maximum Gasteiger partial charge on any atom is 0.223 e. The second-order valence-electron chi connectivity index (χ2n) is 5.57. The van der Waals surface area contributed by atoms with Crippen LogP contribution < -0.4 is 5.32 Å². The number of ether oxygens (including phenoxy) is 1. The number of amides is 1. The first-order valence-electron chi connectivity index (χ1n) is 7.33. The first-order valence-corrected chi connectivity index (χ1v) is 7.33. The molecule has 1 aliphatic rings. The van der Waals surface area contributed by atoms with E-state index in [2.05, 4.69) is 24.1 Å². The fraction of sp³-hybridized carbons (Fsp3) is 0.929. The van der Waals surface area contributed by atoms with Crippen molar-refractivity contribution in [3.63, 3.8) is 0 Å². The molecule has 20 heavy (non-hydrogen) atoms. The van der Waals surface area contributed by atoms with Crippen LogP contribution in [0.25, 0.3) is 0 Å². The lowest BCUT2D eigenvalue weighted by molar-refractivity contribution is -0.132. The van der Waals surface area contributed by atoms with Crippen molar-refractivity contribution in [2.75, 3.05) is 59.5 Å². The van der Waals surface area contributed by atoms with Gasteiger partial charge in [0.15, 0.2) is 0 Å². The summed E-state index contributed by atoms with van der Waals surface area (Å²) in [6.07, 6.45) is 0.621. The van der Waals surface area contributed by atoms with Crippen molar-refractivity contribution < 1.29 is 9.53 Å². The van der Waals surface area contributed by atoms with Gasteiger partial charge in [0.1, 0.15) is 0 Å². The standard InChI is InChI=1S/C14H29N3O2.ClH/c1-13(2)12-16(10-11-19-3)7-4-14(18)17-8-5-15-6-9-17;/h13,15H,4-12H2,1-3H3;1H. The molecule has 1 fully saturated rings. The molecule has 0 bridgehead atoms. The van der Waals surface area contributed by atoms with Crippen LogP contribution >= 0.6 is 12.4 Å². The third-order valence-corrected chi connectivity index (χ3v) is 3.35. The lowest BCUT2D eigenvalue weighted by atomic mass is 10.2. The van der Waals surface area contributed by atoms with E-state index >= 15 is 0 Å². The minimum absolute atomic E-state index is 0. The van der Waals surface area contributed by atoms with E-state index < -0.39 is 0 Å². The number of carbonyl (C=O) groups is 1. The summed E-state index contributed by atoms with van der Waals surface area (Å²) in [5, 5.41) is 3.27. The molecule has 1 heterocycles. The Morgan fingerprint density at radius 3 is 2.50 bits per heavy atom. The minimum atomic E-state index is 0. The van der Waals surface area contributed by atoms with E-state index in [1.807, 2.05) is 4.90 Å². The minimum Gasteiger partial charge on any atom is -0.383 e. The highest BCUT2D eigenvalue weighted by molar-refractivity contribution is 5.85. The molecule has 1 rings (SSSR count). The number of halogens is 1. The van der Waals surface area contributed by atoms with E-state index in [0.29, 0.717) is 12.3 Å². The maximum atomic E-state index is 12.1. The molecule has 0 aliphatic carbocycles. The summed E-state index contributed by atoms with van der Waals surface area (Å²) in [4.78, 5) is 16.4. The second kappa shape index (κ2) is 11.3. The zero-order chi connectivity index (χ0) is 14.1. The van der Waals surface area contributed by atoms with Crippen molar-refractivity contribution in [1.82, 2.24) is 15.1 Å². The van der Waals surface area contributed by atoms with Gasteiger partial charge < -0.3 is 19.9 Å². The molecule has 0 spiro atoms. The number of rotatable bonds is 8. The number of piperazine rings is 1. The molecule has 1 amide bonds. The molecule has 0 radical (unpaired) electrons. The highest BCUT2D eigenvalue weighted by Gasteiger charge is 2.17. The average molecular weight is 308 g/mol. The summed E-state index contributed by atoms with van der Waals surface area (Å²) in [5.41, 5.74) is 0. The number of nitrogens with zero attached hydrogens (tertiary/aromatic N) is 2. The van der Waals surface area contributed by atoms with Crippen molar-refractivity contribution in [3.05, 3.63) is 0 Å². The van der Waals surface area contributed by atoms with Gasteiger partial charge in [0.25, 0.3) is 0 Å². The third-order valence-electron chi connectivity index (χ3n) is 3.35. The van der Waals surface area contributed by atoms with Crippen molar-refractivity contribution in [2.45, 2.75) is 20.3 Å². The summed E-state index contributed by atoms with van der Waals surface area (Å²) < 4.78 is 5.13. The van der Waals surface area contributed by atoms with E-state index in [9.17, 15) is 4.79 Å². The third kappa shape index (κ3) is 8.04. The first kappa shape index (κ1) is 19.6. The molecule has 5 nitrogen and oxygen atoms in total. The van der Waals surface area contributed by atoms with E-state index in [1.165, 1.54) is 0 Å². The van der Waals surface area contributed by atoms with Gasteiger partial charge in [-0.3, -0.25) is 4.79 Å². The van der Waals surface area contributed by atoms with Gasteiger partial charge in [0.05, 0.1) is 6.61 Å². The monoisotopic (exact) mass is 307 g/mol. The van der Waals surface area contributed by atoms with Crippen molar-refractivity contribution >= 4 is 18.3 Å². The molecule has 0 aromatic rings. The fourth-order valence-electron chi connectivity index (χ4n) is 2.36. The Hall–Kier alpha value is -0.360. The second-order valence-corrected chi connectivity index (χ2v) is 5.57. The number of hydrogen-bond acceptors (Lipinski definition) is 4. The molecule has 0 atom stereocenters. The van der Waals surface area contributed by atoms with Crippen LogP contribution in [0.5, 0.6) is 0 Å². The van der Waals surface area contributed by atoms with Gasteiger partial charge in [-0.1, -0.05) is 13.8 Å². The van der Waals surface area contributed by atoms with Crippen LogP contribution in [0.2, 0.25) is 0 Å². The molecule has 0 aromatic heterocycles. The Balaban J connectivity index is 0.00000361. The SMILES string of the molecule is COCCN(CCC(=O)N1CCNCC1)CC(C)C.Cl. The Bertz CT molecular complexity index is 259. The lowest BCUT2D eigenvalue weighted by Crippen LogP contribution is -2.47. The Morgan fingerprint density at radius 2 is 1.95 bits per heavy atom. The van der Waals surface area contributed by atoms with Crippen LogP contribution in [0.15, 0.2) is 0 Å². The van der Waals surface area contributed by atoms with Crippen LogP contribution in [0.1, 0.15) is 20.3 Å². The van der Waals surface area contributed by atoms with Crippen LogP contribution in [-0.2, 0) is 9.53 Å². The van der Waals surface area contributed by atoms with Crippen molar-refractivity contribution in [2.24, 2.45) is 5.92 Å². The van der Waals surface area contributed by atoms with Gasteiger partial charge in [-0.2, -0.15) is 0 Å². The molecule has 1 saturated heterocycles. The normalized spacial score (nSPS) is 15.6. The highest BCUT2D eigenvalue weighted by Crippen LogP contribution is 2.03. The molecular weight excluding hydrogens is 278 g/mol. The first-order chi connectivity index (χ1) is 9.13. The van der Waals surface area contributed by atoms with Gasteiger partial charge in [0, 0.05) is 59.3 Å². The number of hydrogen-bond donors (Lipinski definition) is 1. The summed E-state index contributed by atoms with van der Waals surface area (Å²) in [5.74, 6) is 0.902. The predicted molar refractivity (Wildman–Crippen MR) is 84.5 cm³/mol. The van der Waals surface area contributed by atoms with E-state index in [-0.39, 0.29) is 18.3 Å². The van der Waals surface area contributed by atoms with Crippen LogP contribution in [0.4, 0.5) is 0 Å². The molecule has 0 saturated carbocycles. The van der Waals surface area contributed by atoms with Crippen molar-refractivity contribution in [3.8, 4) is 0 Å². The quantitative estimate of drug-likeness (QED) is 0.721. The summed E-state index contributed by atoms with van der Waals surface area (Å²) >= 11 is 0. The lowest BCUT2D eigenvalue weighted by Gasteiger charge is -2.29. The topological polar surface area (TPSA) is 44.8 Å². The van der Waals surface area contributed by atoms with Crippen LogP contribution in [-0.4, -0.2) is 75.2 Å². The number of methoxy groups -OCH3 is 1. The Morgan fingerprint density at radius 1 is 1.30 bits per heavy atom. The Labute approximate surface area is 129 Å². The summed E-state index contributed by atoms with van der Waals surface area (Å²) in [7, 11) is 1.72. The van der Waals surface area contributed by atoms with Gasteiger partial charge in [-0.25, -0.2) is 0 Å². The largest absolute Gasteiger partial charge is 0.383 e. The molecule has 6 heteroatoms. The van der Waals surface area contributed by atoms with E-state index in [1.54, 1.807) is 7.11 Å². The van der Waals surface area contributed by atoms with Gasteiger partial charge in [-0.05, 0) is 5.92 Å². The smallest absolute Gasteiger partial charge is 0.223 e. The maximum absolute atomic E-state index is 12.1. The fourth-order valence-corrected chi connectivity index (χ4v) is 2.36. The van der Waals surface area contributed by atoms with Gasteiger partial charge in [0.2, 0.25) is 5.91 Å². The van der Waals surface area contributed by atoms with Gasteiger partial charge in [-0.15, -0.1) is 12.4 Å². The molecule has 1 N–H and O–H groups in total. The zero-order valence-electron chi connectivity index (χ0n) is 13.1. The molecule has 1 aliphatic heterocycles. The van der Waals surface area contributed by atoms with Crippen LogP contribution in [0, 0.1) is 5.92 Å². The molecule has 0 unspecified atom stereocenters. The van der Waals surface area contributed by atoms with E-state index in [4.69, 9.17) is 4.74 Å². The Kier molecular flexibility index (Phi) is 11.1. The van der Waals surface area contributed by atoms with Crippen molar-refractivity contribution in [1.29, 1.82) is 0 Å².